The Bertz CT molecular complexity index is 873. The van der Waals surface area contributed by atoms with Crippen molar-refractivity contribution in [1.29, 1.82) is 0 Å². The predicted octanol–water partition coefficient (Wildman–Crippen LogP) is 4.01. The Morgan fingerprint density at radius 2 is 1.75 bits per heavy atom. The summed E-state index contributed by atoms with van der Waals surface area (Å²) >= 11 is 0. The van der Waals surface area contributed by atoms with Gasteiger partial charge in [0, 0.05) is 19.2 Å². The molecule has 2 aromatic rings. The smallest absolute Gasteiger partial charge is 0.200 e. The number of anilines is 1. The third-order valence-corrected chi connectivity index (χ3v) is 4.68. The standard InChI is InChI=1S/C24H31N3O/c1-25-22-12-8-9-13-23(22)28-24(25)14-7-5-6-11-21-15-18-26(19-16-21)17-10-20-27(2,3)4/h5-9,11-16,18-19H,10,17,20H2,1-4H3/q+2. The van der Waals surface area contributed by atoms with E-state index in [0.717, 1.165) is 28.3 Å². The minimum Gasteiger partial charge on any atom is -0.439 e. The molecule has 28 heavy (non-hydrogen) atoms. The van der Waals surface area contributed by atoms with Gasteiger partial charge >= 0.3 is 0 Å². The topological polar surface area (TPSA) is 16.4 Å². The third-order valence-electron chi connectivity index (χ3n) is 4.68. The number of aromatic nitrogens is 1. The van der Waals surface area contributed by atoms with E-state index in [0.29, 0.717) is 0 Å². The van der Waals surface area contributed by atoms with Crippen LogP contribution in [0.15, 0.2) is 79.0 Å². The van der Waals surface area contributed by atoms with Crippen molar-refractivity contribution in [3.8, 4) is 5.75 Å². The lowest BCUT2D eigenvalue weighted by Gasteiger charge is -2.22. The molecule has 0 bridgehead atoms. The fraction of sp³-hybridized carbons (Fsp3) is 0.292. The molecule has 1 aromatic carbocycles. The van der Waals surface area contributed by atoms with E-state index in [-0.39, 0.29) is 0 Å². The zero-order valence-electron chi connectivity index (χ0n) is 17.4. The summed E-state index contributed by atoms with van der Waals surface area (Å²) in [5.41, 5.74) is 2.29. The van der Waals surface area contributed by atoms with E-state index < -0.39 is 0 Å². The first kappa shape index (κ1) is 19.9. The van der Waals surface area contributed by atoms with Crippen molar-refractivity contribution in [1.82, 2.24) is 0 Å². The molecule has 4 heteroatoms. The van der Waals surface area contributed by atoms with Gasteiger partial charge in [0.2, 0.25) is 0 Å². The average molecular weight is 378 g/mol. The number of allylic oxidation sites excluding steroid dienone is 4. The molecule has 0 amide bonds. The summed E-state index contributed by atoms with van der Waals surface area (Å²) in [7, 11) is 8.72. The molecule has 0 N–H and O–H groups in total. The lowest BCUT2D eigenvalue weighted by molar-refractivity contribution is -0.873. The van der Waals surface area contributed by atoms with Gasteiger partial charge in [-0.05, 0) is 23.8 Å². The number of quaternary nitrogens is 1. The van der Waals surface area contributed by atoms with Crippen molar-refractivity contribution >= 4 is 11.8 Å². The number of pyridine rings is 1. The predicted molar refractivity (Wildman–Crippen MR) is 116 cm³/mol. The highest BCUT2D eigenvalue weighted by Gasteiger charge is 2.21. The van der Waals surface area contributed by atoms with Crippen molar-refractivity contribution in [2.45, 2.75) is 13.0 Å². The molecule has 0 spiro atoms. The Kier molecular flexibility index (Phi) is 6.32. The summed E-state index contributed by atoms with van der Waals surface area (Å²) in [6.45, 7) is 2.24. The Labute approximate surface area is 168 Å². The minimum atomic E-state index is 0.834. The number of benzene rings is 1. The van der Waals surface area contributed by atoms with E-state index in [1.807, 2.05) is 43.5 Å². The van der Waals surface area contributed by atoms with Crippen molar-refractivity contribution in [2.24, 2.45) is 0 Å². The third kappa shape index (κ3) is 5.57. The molecule has 2 heterocycles. The Balaban J connectivity index is 1.50. The Morgan fingerprint density at radius 3 is 2.46 bits per heavy atom. The van der Waals surface area contributed by atoms with Crippen LogP contribution < -0.4 is 14.2 Å². The van der Waals surface area contributed by atoms with E-state index >= 15 is 0 Å². The molecule has 146 valence electrons. The lowest BCUT2D eigenvalue weighted by atomic mass is 10.2. The van der Waals surface area contributed by atoms with Crippen LogP contribution in [-0.4, -0.2) is 39.2 Å². The Morgan fingerprint density at radius 1 is 1.00 bits per heavy atom. The molecule has 1 aliphatic heterocycles. The van der Waals surface area contributed by atoms with Crippen LogP contribution in [-0.2, 0) is 6.54 Å². The number of para-hydroxylation sites is 2. The average Bonchev–Trinajstić information content (AvgIpc) is 2.98. The van der Waals surface area contributed by atoms with Gasteiger partial charge in [0.1, 0.15) is 0 Å². The highest BCUT2D eigenvalue weighted by molar-refractivity contribution is 5.65. The zero-order chi connectivity index (χ0) is 20.0. The summed E-state index contributed by atoms with van der Waals surface area (Å²) in [6, 6.07) is 12.4. The van der Waals surface area contributed by atoms with Gasteiger partial charge in [-0.25, -0.2) is 4.57 Å². The summed E-state index contributed by atoms with van der Waals surface area (Å²) in [6.07, 6.45) is 15.7. The molecule has 4 nitrogen and oxygen atoms in total. The van der Waals surface area contributed by atoms with Gasteiger partial charge < -0.3 is 14.1 Å². The van der Waals surface area contributed by atoms with Gasteiger partial charge in [-0.15, -0.1) is 0 Å². The zero-order valence-corrected chi connectivity index (χ0v) is 17.4. The molecular formula is C24H31N3O+2. The van der Waals surface area contributed by atoms with E-state index in [2.05, 4.69) is 73.4 Å². The van der Waals surface area contributed by atoms with Crippen LogP contribution in [0.25, 0.3) is 6.08 Å². The molecule has 0 atom stereocenters. The van der Waals surface area contributed by atoms with E-state index in [1.165, 1.54) is 18.5 Å². The molecule has 1 aromatic heterocycles. The molecule has 0 aliphatic carbocycles. The first-order valence-electron chi connectivity index (χ1n) is 9.78. The second-order valence-corrected chi connectivity index (χ2v) is 8.11. The normalized spacial score (nSPS) is 15.6. The maximum atomic E-state index is 5.86. The van der Waals surface area contributed by atoms with Gasteiger partial charge in [-0.1, -0.05) is 36.4 Å². The maximum Gasteiger partial charge on any atom is 0.200 e. The second-order valence-electron chi connectivity index (χ2n) is 8.11. The van der Waals surface area contributed by atoms with Crippen molar-refractivity contribution < 1.29 is 13.8 Å². The fourth-order valence-corrected chi connectivity index (χ4v) is 3.09. The van der Waals surface area contributed by atoms with Crippen LogP contribution in [0.4, 0.5) is 5.69 Å². The molecule has 0 radical (unpaired) electrons. The van der Waals surface area contributed by atoms with Gasteiger partial charge in [0.15, 0.2) is 30.6 Å². The number of aryl methyl sites for hydroxylation is 1. The van der Waals surface area contributed by atoms with Crippen LogP contribution in [0, 0.1) is 0 Å². The SMILES string of the molecule is CN1C(=CC=CC=Cc2cc[n+](CCC[N+](C)(C)C)cc2)Oc2ccccc21. The Hall–Kier alpha value is -2.85. The first-order valence-corrected chi connectivity index (χ1v) is 9.78. The number of hydrogen-bond acceptors (Lipinski definition) is 2. The van der Waals surface area contributed by atoms with E-state index in [4.69, 9.17) is 4.74 Å². The minimum absolute atomic E-state index is 0.834. The van der Waals surface area contributed by atoms with Crippen molar-refractivity contribution in [3.05, 3.63) is 84.5 Å². The summed E-state index contributed by atoms with van der Waals surface area (Å²) in [5.74, 6) is 1.74. The molecule has 0 unspecified atom stereocenters. The highest BCUT2D eigenvalue weighted by atomic mass is 16.5. The second kappa shape index (κ2) is 8.89. The first-order chi connectivity index (χ1) is 13.4. The molecule has 3 rings (SSSR count). The van der Waals surface area contributed by atoms with Crippen LogP contribution >= 0.6 is 0 Å². The van der Waals surface area contributed by atoms with E-state index in [9.17, 15) is 0 Å². The van der Waals surface area contributed by atoms with Crippen molar-refractivity contribution in [2.75, 3.05) is 39.6 Å². The lowest BCUT2D eigenvalue weighted by Crippen LogP contribution is -2.39. The summed E-state index contributed by atoms with van der Waals surface area (Å²) < 4.78 is 9.12. The molecule has 0 saturated heterocycles. The quantitative estimate of drug-likeness (QED) is 0.412. The van der Waals surface area contributed by atoms with Crippen LogP contribution in [0.1, 0.15) is 12.0 Å². The molecule has 1 aliphatic rings. The van der Waals surface area contributed by atoms with Gasteiger partial charge in [0.25, 0.3) is 0 Å². The highest BCUT2D eigenvalue weighted by Crippen LogP contribution is 2.37. The van der Waals surface area contributed by atoms with Crippen molar-refractivity contribution in [3.63, 3.8) is 0 Å². The number of fused-ring (bicyclic) bond motifs is 1. The molecule has 0 saturated carbocycles. The van der Waals surface area contributed by atoms with Crippen LogP contribution in [0.5, 0.6) is 5.75 Å². The summed E-state index contributed by atoms with van der Waals surface area (Å²) in [5, 5.41) is 0. The fourth-order valence-electron chi connectivity index (χ4n) is 3.09. The van der Waals surface area contributed by atoms with Crippen LogP contribution in [0.3, 0.4) is 0 Å². The van der Waals surface area contributed by atoms with Crippen LogP contribution in [0.2, 0.25) is 0 Å². The van der Waals surface area contributed by atoms with Gasteiger partial charge in [0.05, 0.1) is 39.8 Å². The maximum absolute atomic E-state index is 5.86. The number of hydrogen-bond donors (Lipinski definition) is 0. The monoisotopic (exact) mass is 377 g/mol. The van der Waals surface area contributed by atoms with Gasteiger partial charge in [-0.2, -0.15) is 0 Å². The molecular weight excluding hydrogens is 346 g/mol. The number of ether oxygens (including phenoxy) is 1. The number of rotatable bonds is 7. The number of nitrogens with zero attached hydrogens (tertiary/aromatic N) is 3. The summed E-state index contributed by atoms with van der Waals surface area (Å²) in [4.78, 5) is 2.05. The molecule has 0 fully saturated rings. The van der Waals surface area contributed by atoms with E-state index in [1.54, 1.807) is 0 Å². The largest absolute Gasteiger partial charge is 0.439 e. The van der Waals surface area contributed by atoms with Gasteiger partial charge in [-0.3, -0.25) is 0 Å².